The summed E-state index contributed by atoms with van der Waals surface area (Å²) in [6.07, 6.45) is 0. The normalized spacial score (nSPS) is 14.3. The van der Waals surface area contributed by atoms with Gasteiger partial charge in [0.05, 0.1) is 0 Å². The lowest BCUT2D eigenvalue weighted by Crippen LogP contribution is -2.41. The predicted octanol–water partition coefficient (Wildman–Crippen LogP) is 1.00. The molecule has 0 heterocycles. The third-order valence-electron chi connectivity index (χ3n) is 1.77. The smallest absolute Gasteiger partial charge is 0.235 e. The lowest BCUT2D eigenvalue weighted by Gasteiger charge is -2.20. The summed E-state index contributed by atoms with van der Waals surface area (Å²) in [4.78, 5) is 20.3. The molecule has 0 saturated carbocycles. The second kappa shape index (κ2) is 4.77. The van der Waals surface area contributed by atoms with Crippen LogP contribution in [-0.4, -0.2) is 22.5 Å². The third-order valence-corrected chi connectivity index (χ3v) is 3.07. The fourth-order valence-corrected chi connectivity index (χ4v) is 0.898. The summed E-state index contributed by atoms with van der Waals surface area (Å²) in [5, 5.41) is 1.48. The highest BCUT2D eigenvalue weighted by atomic mass is 31.1. The van der Waals surface area contributed by atoms with Gasteiger partial charge >= 0.3 is 0 Å². The maximum Gasteiger partial charge on any atom is 0.235 e. The zero-order valence-corrected chi connectivity index (χ0v) is 9.55. The topological polar surface area (TPSA) is 66.4 Å². The molecule has 1 unspecified atom stereocenters. The van der Waals surface area contributed by atoms with Crippen LogP contribution >= 0.6 is 8.03 Å². The van der Waals surface area contributed by atoms with E-state index in [-0.39, 0.29) is 5.91 Å². The van der Waals surface area contributed by atoms with Crippen LogP contribution in [0.3, 0.4) is 0 Å². The first-order valence-electron chi connectivity index (χ1n) is 4.30. The van der Waals surface area contributed by atoms with E-state index in [9.17, 15) is 9.36 Å². The molecule has 0 aromatic carbocycles. The molecule has 2 N–H and O–H groups in total. The van der Waals surface area contributed by atoms with Crippen LogP contribution in [0.1, 0.15) is 27.7 Å². The second-order valence-electron chi connectivity index (χ2n) is 4.03. The molecule has 0 bridgehead atoms. The Labute approximate surface area is 79.6 Å². The summed E-state index contributed by atoms with van der Waals surface area (Å²) >= 11 is 0. The second-order valence-corrected chi connectivity index (χ2v) is 5.89. The predicted molar refractivity (Wildman–Crippen MR) is 53.1 cm³/mol. The fraction of sp³-hybridized carbons (Fsp3) is 0.875. The summed E-state index contributed by atoms with van der Waals surface area (Å²) in [6, 6.07) is 0. The Kier molecular flexibility index (Phi) is 4.65. The van der Waals surface area contributed by atoms with Crippen molar-refractivity contribution in [3.05, 3.63) is 0 Å². The zero-order chi connectivity index (χ0) is 10.6. The number of carbonyl (C=O) groups excluding carboxylic acids is 1. The highest BCUT2D eigenvalue weighted by Crippen LogP contribution is 2.34. The monoisotopic (exact) mass is 207 g/mol. The SMILES string of the molecule is CC(C)CNC(=O)C(C)(C)[PH](=O)O. The lowest BCUT2D eigenvalue weighted by molar-refractivity contribution is -0.123. The molecule has 0 fully saturated rings. The molecule has 1 amide bonds. The van der Waals surface area contributed by atoms with Gasteiger partial charge in [0.15, 0.2) is 0 Å². The molecule has 0 aromatic heterocycles. The minimum atomic E-state index is -2.82. The van der Waals surface area contributed by atoms with Crippen LogP contribution in [0.25, 0.3) is 0 Å². The van der Waals surface area contributed by atoms with Gasteiger partial charge in [-0.05, 0) is 19.8 Å². The first kappa shape index (κ1) is 12.7. The molecular weight excluding hydrogens is 189 g/mol. The van der Waals surface area contributed by atoms with Crippen LogP contribution in [0.5, 0.6) is 0 Å². The van der Waals surface area contributed by atoms with E-state index in [1.165, 1.54) is 13.8 Å². The Morgan fingerprint density at radius 2 is 2.00 bits per heavy atom. The maximum atomic E-state index is 11.4. The molecule has 0 aromatic rings. The molecule has 78 valence electrons. The third kappa shape index (κ3) is 3.92. The summed E-state index contributed by atoms with van der Waals surface area (Å²) < 4.78 is 10.8. The first-order valence-corrected chi connectivity index (χ1v) is 5.65. The van der Waals surface area contributed by atoms with E-state index in [1.54, 1.807) is 0 Å². The van der Waals surface area contributed by atoms with E-state index < -0.39 is 13.2 Å². The first-order chi connectivity index (χ1) is 5.78. The average Bonchev–Trinajstić information content (AvgIpc) is 1.99. The van der Waals surface area contributed by atoms with Crippen LogP contribution in [0.15, 0.2) is 0 Å². The highest BCUT2D eigenvalue weighted by molar-refractivity contribution is 7.41. The van der Waals surface area contributed by atoms with E-state index in [2.05, 4.69) is 5.32 Å². The number of amides is 1. The standard InChI is InChI=1S/C8H18NO3P/c1-6(2)5-9-7(10)8(3,4)13(11)12/h6,13H,5H2,1-4H3,(H,9,10)(H,11,12). The number of hydrogen-bond acceptors (Lipinski definition) is 2. The molecule has 0 rings (SSSR count). The summed E-state index contributed by atoms with van der Waals surface area (Å²) in [5.74, 6) is -0.00615. The van der Waals surface area contributed by atoms with Crippen LogP contribution in [0.4, 0.5) is 0 Å². The van der Waals surface area contributed by atoms with Crippen molar-refractivity contribution in [3.63, 3.8) is 0 Å². The van der Waals surface area contributed by atoms with Crippen LogP contribution in [0.2, 0.25) is 0 Å². The van der Waals surface area contributed by atoms with E-state index in [0.717, 1.165) is 0 Å². The summed E-state index contributed by atoms with van der Waals surface area (Å²) in [6.45, 7) is 7.43. The van der Waals surface area contributed by atoms with Gasteiger partial charge in [-0.2, -0.15) is 0 Å². The van der Waals surface area contributed by atoms with E-state index >= 15 is 0 Å². The van der Waals surface area contributed by atoms with Crippen LogP contribution in [0, 0.1) is 5.92 Å². The molecule has 0 saturated heterocycles. The van der Waals surface area contributed by atoms with Crippen LogP contribution in [-0.2, 0) is 9.36 Å². The van der Waals surface area contributed by atoms with Crippen molar-refractivity contribution < 1.29 is 14.3 Å². The van der Waals surface area contributed by atoms with Gasteiger partial charge in [0, 0.05) is 6.54 Å². The van der Waals surface area contributed by atoms with Gasteiger partial charge in [0.1, 0.15) is 5.16 Å². The molecule has 13 heavy (non-hydrogen) atoms. The fourth-order valence-electron chi connectivity index (χ4n) is 0.615. The molecule has 0 spiro atoms. The Morgan fingerprint density at radius 3 is 2.31 bits per heavy atom. The van der Waals surface area contributed by atoms with Gasteiger partial charge in [-0.25, -0.2) is 0 Å². The van der Waals surface area contributed by atoms with Gasteiger partial charge in [0.25, 0.3) is 0 Å². The van der Waals surface area contributed by atoms with Gasteiger partial charge in [0.2, 0.25) is 13.9 Å². The maximum absolute atomic E-state index is 11.4. The molecule has 4 nitrogen and oxygen atoms in total. The van der Waals surface area contributed by atoms with Crippen molar-refractivity contribution in [2.45, 2.75) is 32.9 Å². The van der Waals surface area contributed by atoms with Crippen molar-refractivity contribution in [1.82, 2.24) is 5.32 Å². The van der Waals surface area contributed by atoms with Crippen molar-refractivity contribution in [2.75, 3.05) is 6.54 Å². The minimum absolute atomic E-state index is 0.348. The lowest BCUT2D eigenvalue weighted by atomic mass is 10.1. The molecule has 5 heteroatoms. The Morgan fingerprint density at radius 1 is 1.54 bits per heavy atom. The number of hydrogen-bond donors (Lipinski definition) is 2. The molecule has 0 aliphatic rings. The van der Waals surface area contributed by atoms with Crippen molar-refractivity contribution in [1.29, 1.82) is 0 Å². The Hall–Kier alpha value is -0.340. The Bertz CT molecular complexity index is 213. The minimum Gasteiger partial charge on any atom is -0.355 e. The Balaban J connectivity index is 4.18. The van der Waals surface area contributed by atoms with Crippen molar-refractivity contribution in [3.8, 4) is 0 Å². The van der Waals surface area contributed by atoms with Gasteiger partial charge in [-0.3, -0.25) is 9.36 Å². The van der Waals surface area contributed by atoms with E-state index in [4.69, 9.17) is 4.89 Å². The summed E-state index contributed by atoms with van der Waals surface area (Å²) in [5.41, 5.74) is 0. The molecular formula is C8H18NO3P. The van der Waals surface area contributed by atoms with Gasteiger partial charge in [-0.15, -0.1) is 0 Å². The quantitative estimate of drug-likeness (QED) is 0.676. The zero-order valence-electron chi connectivity index (χ0n) is 8.55. The van der Waals surface area contributed by atoms with Crippen molar-refractivity contribution in [2.24, 2.45) is 5.92 Å². The largest absolute Gasteiger partial charge is 0.355 e. The van der Waals surface area contributed by atoms with Gasteiger partial charge in [-0.1, -0.05) is 13.8 Å². The average molecular weight is 207 g/mol. The van der Waals surface area contributed by atoms with Gasteiger partial charge < -0.3 is 10.2 Å². The number of carbonyl (C=O) groups is 1. The van der Waals surface area contributed by atoms with E-state index in [1.807, 2.05) is 13.8 Å². The molecule has 0 aliphatic heterocycles. The molecule has 0 aliphatic carbocycles. The summed E-state index contributed by atoms with van der Waals surface area (Å²) in [7, 11) is -2.82. The molecule has 0 radical (unpaired) electrons. The number of nitrogens with one attached hydrogen (secondary N) is 1. The van der Waals surface area contributed by atoms with E-state index in [0.29, 0.717) is 12.5 Å². The highest BCUT2D eigenvalue weighted by Gasteiger charge is 2.32. The molecule has 1 atom stereocenters. The van der Waals surface area contributed by atoms with Crippen LogP contribution < -0.4 is 5.32 Å². The number of rotatable bonds is 4. The van der Waals surface area contributed by atoms with Crippen molar-refractivity contribution >= 4 is 13.9 Å².